The monoisotopic (exact) mass is 258 g/mol. The Hall–Kier alpha value is -1.84. The van der Waals surface area contributed by atoms with E-state index in [1.807, 2.05) is 36.1 Å². The summed E-state index contributed by atoms with van der Waals surface area (Å²) in [6.07, 6.45) is 1.78. The molecular formula is C15H18N2O2. The van der Waals surface area contributed by atoms with Gasteiger partial charge < -0.3 is 10.2 Å². The zero-order valence-electron chi connectivity index (χ0n) is 11.1. The van der Waals surface area contributed by atoms with Crippen molar-refractivity contribution in [3.8, 4) is 0 Å². The average molecular weight is 258 g/mol. The summed E-state index contributed by atoms with van der Waals surface area (Å²) < 4.78 is 0. The molecule has 0 radical (unpaired) electrons. The minimum Gasteiger partial charge on any atom is -0.351 e. The molecule has 2 fully saturated rings. The van der Waals surface area contributed by atoms with Crippen LogP contribution in [0.1, 0.15) is 24.0 Å². The normalized spacial score (nSPS) is 25.3. The van der Waals surface area contributed by atoms with Crippen LogP contribution in [0.5, 0.6) is 0 Å². The van der Waals surface area contributed by atoms with Crippen molar-refractivity contribution in [1.29, 1.82) is 0 Å². The fourth-order valence-electron chi connectivity index (χ4n) is 3.02. The van der Waals surface area contributed by atoms with Gasteiger partial charge in [0.2, 0.25) is 11.8 Å². The van der Waals surface area contributed by atoms with Crippen molar-refractivity contribution >= 4 is 11.8 Å². The highest BCUT2D eigenvalue weighted by molar-refractivity contribution is 5.84. The molecule has 1 aromatic carbocycles. The van der Waals surface area contributed by atoms with Gasteiger partial charge in [-0.05, 0) is 18.9 Å². The first-order valence-corrected chi connectivity index (χ1v) is 6.78. The third-order valence-electron chi connectivity index (χ3n) is 4.08. The highest BCUT2D eigenvalue weighted by atomic mass is 16.2. The van der Waals surface area contributed by atoms with E-state index in [0.29, 0.717) is 12.8 Å². The Labute approximate surface area is 112 Å². The largest absolute Gasteiger partial charge is 0.351 e. The Morgan fingerprint density at radius 1 is 1.37 bits per heavy atom. The molecule has 19 heavy (non-hydrogen) atoms. The van der Waals surface area contributed by atoms with Crippen LogP contribution in [0.25, 0.3) is 0 Å². The van der Waals surface area contributed by atoms with Crippen LogP contribution in [0, 0.1) is 6.92 Å². The fraction of sp³-hybridized carbons (Fsp3) is 0.467. The van der Waals surface area contributed by atoms with Crippen LogP contribution < -0.4 is 5.32 Å². The van der Waals surface area contributed by atoms with Crippen LogP contribution >= 0.6 is 0 Å². The first-order valence-electron chi connectivity index (χ1n) is 6.78. The fourth-order valence-corrected chi connectivity index (χ4v) is 3.02. The summed E-state index contributed by atoms with van der Waals surface area (Å²) in [5, 5.41) is 2.94. The molecule has 1 aromatic rings. The van der Waals surface area contributed by atoms with Crippen LogP contribution in [-0.4, -0.2) is 35.3 Å². The maximum Gasteiger partial charge on any atom is 0.227 e. The smallest absolute Gasteiger partial charge is 0.227 e. The molecule has 2 amide bonds. The number of nitrogens with zero attached hydrogens (tertiary/aromatic N) is 1. The summed E-state index contributed by atoms with van der Waals surface area (Å²) >= 11 is 0. The number of rotatable bonds is 2. The minimum atomic E-state index is 0.0721. The molecule has 2 saturated heterocycles. The standard InChI is InChI=1S/C15H18N2O2/c1-10-2-4-11(5-3-10)8-15(19)17-7-6-12-13(17)9-14(18)16-12/h2-5,12-13H,6-9H2,1H3,(H,16,18)/t12-,13+/m0/s1. The van der Waals surface area contributed by atoms with E-state index in [1.165, 1.54) is 5.56 Å². The highest BCUT2D eigenvalue weighted by Crippen LogP contribution is 2.26. The zero-order chi connectivity index (χ0) is 13.4. The van der Waals surface area contributed by atoms with Crippen LogP contribution in [0.2, 0.25) is 0 Å². The van der Waals surface area contributed by atoms with E-state index >= 15 is 0 Å². The van der Waals surface area contributed by atoms with Gasteiger partial charge in [-0.2, -0.15) is 0 Å². The lowest BCUT2D eigenvalue weighted by atomic mass is 10.1. The third kappa shape index (κ3) is 2.35. The molecule has 0 spiro atoms. The lowest BCUT2D eigenvalue weighted by Crippen LogP contribution is -2.39. The Morgan fingerprint density at radius 2 is 2.11 bits per heavy atom. The van der Waals surface area contributed by atoms with E-state index in [1.54, 1.807) is 0 Å². The molecule has 0 aromatic heterocycles. The summed E-state index contributed by atoms with van der Waals surface area (Å²) in [6, 6.07) is 8.30. The molecule has 0 aliphatic carbocycles. The lowest BCUT2D eigenvalue weighted by Gasteiger charge is -2.22. The van der Waals surface area contributed by atoms with Crippen molar-refractivity contribution in [3.63, 3.8) is 0 Å². The molecule has 2 aliphatic rings. The predicted molar refractivity (Wildman–Crippen MR) is 71.5 cm³/mol. The van der Waals surface area contributed by atoms with E-state index in [-0.39, 0.29) is 23.9 Å². The van der Waals surface area contributed by atoms with E-state index < -0.39 is 0 Å². The number of carbonyl (C=O) groups excluding carboxylic acids is 2. The number of likely N-dealkylation sites (tertiary alicyclic amines) is 1. The number of carbonyl (C=O) groups is 2. The number of amides is 2. The maximum atomic E-state index is 12.3. The van der Waals surface area contributed by atoms with Gasteiger partial charge >= 0.3 is 0 Å². The van der Waals surface area contributed by atoms with Crippen molar-refractivity contribution in [3.05, 3.63) is 35.4 Å². The quantitative estimate of drug-likeness (QED) is 0.861. The van der Waals surface area contributed by atoms with Crippen LogP contribution in [-0.2, 0) is 16.0 Å². The molecule has 3 rings (SSSR count). The van der Waals surface area contributed by atoms with Crippen LogP contribution in [0.15, 0.2) is 24.3 Å². The number of hydrogen-bond acceptors (Lipinski definition) is 2. The van der Waals surface area contributed by atoms with Crippen molar-refractivity contribution in [2.75, 3.05) is 6.54 Å². The summed E-state index contributed by atoms with van der Waals surface area (Å²) in [4.78, 5) is 25.6. The van der Waals surface area contributed by atoms with Crippen molar-refractivity contribution in [2.45, 2.75) is 38.3 Å². The van der Waals surface area contributed by atoms with Gasteiger partial charge in [0.25, 0.3) is 0 Å². The van der Waals surface area contributed by atoms with Gasteiger partial charge in [0.15, 0.2) is 0 Å². The molecule has 0 unspecified atom stereocenters. The van der Waals surface area contributed by atoms with E-state index in [0.717, 1.165) is 18.5 Å². The molecule has 0 bridgehead atoms. The SMILES string of the molecule is Cc1ccc(CC(=O)N2CC[C@@H]3NC(=O)C[C@H]32)cc1. The summed E-state index contributed by atoms with van der Waals surface area (Å²) in [7, 11) is 0. The first kappa shape index (κ1) is 12.2. The minimum absolute atomic E-state index is 0.0721. The van der Waals surface area contributed by atoms with E-state index in [2.05, 4.69) is 5.32 Å². The molecule has 2 heterocycles. The molecule has 4 nitrogen and oxygen atoms in total. The summed E-state index contributed by atoms with van der Waals surface area (Å²) in [5.41, 5.74) is 2.24. The van der Waals surface area contributed by atoms with Gasteiger partial charge in [-0.1, -0.05) is 29.8 Å². The maximum absolute atomic E-state index is 12.3. The number of fused-ring (bicyclic) bond motifs is 1. The zero-order valence-corrected chi connectivity index (χ0v) is 11.1. The number of aryl methyl sites for hydroxylation is 1. The molecular weight excluding hydrogens is 240 g/mol. The van der Waals surface area contributed by atoms with E-state index in [4.69, 9.17) is 0 Å². The molecule has 4 heteroatoms. The molecule has 1 N–H and O–H groups in total. The molecule has 2 aliphatic heterocycles. The Bertz CT molecular complexity index is 509. The lowest BCUT2D eigenvalue weighted by molar-refractivity contribution is -0.131. The second kappa shape index (κ2) is 4.68. The van der Waals surface area contributed by atoms with Crippen molar-refractivity contribution < 1.29 is 9.59 Å². The molecule has 0 saturated carbocycles. The molecule has 100 valence electrons. The average Bonchev–Trinajstić information content (AvgIpc) is 2.90. The van der Waals surface area contributed by atoms with E-state index in [9.17, 15) is 9.59 Å². The number of hydrogen-bond donors (Lipinski definition) is 1. The van der Waals surface area contributed by atoms with Gasteiger partial charge in [0.1, 0.15) is 0 Å². The van der Waals surface area contributed by atoms with Gasteiger partial charge in [-0.25, -0.2) is 0 Å². The summed E-state index contributed by atoms with van der Waals surface area (Å²) in [5.74, 6) is 0.204. The Balaban J connectivity index is 1.67. The predicted octanol–water partition coefficient (Wildman–Crippen LogP) is 1.03. The van der Waals surface area contributed by atoms with Gasteiger partial charge in [0, 0.05) is 13.0 Å². The number of nitrogens with one attached hydrogen (secondary N) is 1. The third-order valence-corrected chi connectivity index (χ3v) is 4.08. The second-order valence-corrected chi connectivity index (χ2v) is 5.48. The first-order chi connectivity index (χ1) is 9.13. The van der Waals surface area contributed by atoms with Gasteiger partial charge in [0.05, 0.1) is 18.5 Å². The van der Waals surface area contributed by atoms with Crippen LogP contribution in [0.3, 0.4) is 0 Å². The summed E-state index contributed by atoms with van der Waals surface area (Å²) in [6.45, 7) is 2.80. The van der Waals surface area contributed by atoms with Crippen LogP contribution in [0.4, 0.5) is 0 Å². The second-order valence-electron chi connectivity index (χ2n) is 5.48. The Morgan fingerprint density at radius 3 is 2.84 bits per heavy atom. The van der Waals surface area contributed by atoms with Crippen molar-refractivity contribution in [2.24, 2.45) is 0 Å². The van der Waals surface area contributed by atoms with Gasteiger partial charge in [-0.15, -0.1) is 0 Å². The number of benzene rings is 1. The Kier molecular flexibility index (Phi) is 3.01. The topological polar surface area (TPSA) is 49.4 Å². The molecule has 2 atom stereocenters. The van der Waals surface area contributed by atoms with Gasteiger partial charge in [-0.3, -0.25) is 9.59 Å². The highest BCUT2D eigenvalue weighted by Gasteiger charge is 2.43. The van der Waals surface area contributed by atoms with Crippen molar-refractivity contribution in [1.82, 2.24) is 10.2 Å².